The number of aromatic amines is 1. The Balaban J connectivity index is 1.27. The lowest BCUT2D eigenvalue weighted by Crippen LogP contribution is -2.32. The van der Waals surface area contributed by atoms with Gasteiger partial charge < -0.3 is 14.5 Å². The summed E-state index contributed by atoms with van der Waals surface area (Å²) in [5.74, 6) is 0.309. The van der Waals surface area contributed by atoms with Gasteiger partial charge in [0, 0.05) is 44.3 Å². The number of carbonyl (C=O) groups excluding carboxylic acids is 1. The van der Waals surface area contributed by atoms with Crippen LogP contribution in [0.15, 0.2) is 59.8 Å². The Morgan fingerprint density at radius 1 is 1.11 bits per heavy atom. The average Bonchev–Trinajstić information content (AvgIpc) is 3.29. The van der Waals surface area contributed by atoms with Crippen LogP contribution in [0.5, 0.6) is 0 Å². The highest BCUT2D eigenvalue weighted by atomic mass is 19.1. The van der Waals surface area contributed by atoms with Crippen molar-refractivity contribution in [3.63, 3.8) is 0 Å². The van der Waals surface area contributed by atoms with E-state index in [9.17, 15) is 9.59 Å². The molecule has 5 aromatic rings. The van der Waals surface area contributed by atoms with Crippen LogP contribution in [-0.2, 0) is 18.4 Å². The summed E-state index contributed by atoms with van der Waals surface area (Å²) in [6, 6.07) is 13.0. The predicted molar refractivity (Wildman–Crippen MR) is 143 cm³/mol. The zero-order valence-electron chi connectivity index (χ0n) is 21.0. The third-order valence-electron chi connectivity index (χ3n) is 7.88. The molecule has 1 atom stereocenters. The first-order valence-corrected chi connectivity index (χ1v) is 13.0. The molecule has 38 heavy (non-hydrogen) atoms. The van der Waals surface area contributed by atoms with Gasteiger partial charge in [-0.3, -0.25) is 14.2 Å². The number of fused-ring (bicyclic) bond motifs is 2. The van der Waals surface area contributed by atoms with Crippen LogP contribution in [0.1, 0.15) is 19.3 Å². The van der Waals surface area contributed by atoms with Crippen molar-refractivity contribution in [2.24, 2.45) is 18.9 Å². The SMILES string of the molecule is Cn1cnc2c(=O)n(C[C@@H]3CCN(C(=O)C4CC4)C3)c(-c3ccc(-c4ccc5cc[nH]c5c4)cc3F)nc21. The van der Waals surface area contributed by atoms with Gasteiger partial charge in [0.15, 0.2) is 11.2 Å². The zero-order valence-corrected chi connectivity index (χ0v) is 21.0. The summed E-state index contributed by atoms with van der Waals surface area (Å²) in [6.45, 7) is 1.65. The van der Waals surface area contributed by atoms with Crippen LogP contribution in [0.3, 0.4) is 0 Å². The molecule has 1 saturated heterocycles. The van der Waals surface area contributed by atoms with Gasteiger partial charge in [-0.15, -0.1) is 0 Å². The van der Waals surface area contributed by atoms with Gasteiger partial charge in [0.05, 0.1) is 11.9 Å². The normalized spacial score (nSPS) is 17.6. The Morgan fingerprint density at radius 2 is 1.92 bits per heavy atom. The van der Waals surface area contributed by atoms with Crippen molar-refractivity contribution in [3.05, 3.63) is 71.2 Å². The summed E-state index contributed by atoms with van der Waals surface area (Å²) in [5.41, 5.74) is 3.26. The molecule has 1 aliphatic heterocycles. The van der Waals surface area contributed by atoms with Gasteiger partial charge in [0.2, 0.25) is 5.91 Å². The number of hydrogen-bond donors (Lipinski definition) is 1. The highest BCUT2D eigenvalue weighted by Gasteiger charge is 2.37. The lowest BCUT2D eigenvalue weighted by Gasteiger charge is -2.19. The van der Waals surface area contributed by atoms with Gasteiger partial charge in [0.1, 0.15) is 11.6 Å². The molecule has 192 valence electrons. The van der Waals surface area contributed by atoms with Crippen LogP contribution in [0, 0.1) is 17.7 Å². The first-order chi connectivity index (χ1) is 18.5. The van der Waals surface area contributed by atoms with Crippen LogP contribution in [-0.4, -0.2) is 48.0 Å². The third kappa shape index (κ3) is 3.81. The molecule has 1 N–H and O–H groups in total. The molecule has 0 spiro atoms. The summed E-state index contributed by atoms with van der Waals surface area (Å²) in [4.78, 5) is 40.3. The van der Waals surface area contributed by atoms with E-state index in [1.807, 2.05) is 41.4 Å². The van der Waals surface area contributed by atoms with E-state index >= 15 is 4.39 Å². The largest absolute Gasteiger partial charge is 0.361 e. The minimum atomic E-state index is -0.451. The van der Waals surface area contributed by atoms with Gasteiger partial charge in [0.25, 0.3) is 5.56 Å². The number of amides is 1. The molecule has 2 aromatic carbocycles. The standard InChI is InChI=1S/C29H27FN6O2/c1-34-16-32-25-27(34)33-26(36(29(25)38)15-17-9-11-35(14-17)28(37)19-3-4-19)22-7-6-20(12-23(22)30)21-5-2-18-8-10-31-24(18)13-21/h2,5-8,10,12-13,16-17,19,31H,3-4,9,11,14-15H2,1H3/t17-/m1/s1. The quantitative estimate of drug-likeness (QED) is 0.381. The molecule has 7 rings (SSSR count). The number of benzene rings is 2. The molecule has 0 unspecified atom stereocenters. The summed E-state index contributed by atoms with van der Waals surface area (Å²) in [5, 5.41) is 1.09. The molecule has 1 saturated carbocycles. The smallest absolute Gasteiger partial charge is 0.281 e. The Hall–Kier alpha value is -4.27. The second kappa shape index (κ2) is 8.65. The Bertz CT molecular complexity index is 1780. The molecule has 0 radical (unpaired) electrons. The molecule has 1 aliphatic carbocycles. The van der Waals surface area contributed by atoms with E-state index in [-0.39, 0.29) is 40.2 Å². The zero-order chi connectivity index (χ0) is 26.0. The second-order valence-corrected chi connectivity index (χ2v) is 10.6. The number of hydrogen-bond acceptors (Lipinski definition) is 4. The molecule has 1 amide bonds. The molecule has 2 fully saturated rings. The molecule has 2 aliphatic rings. The van der Waals surface area contributed by atoms with Crippen molar-refractivity contribution in [1.82, 2.24) is 29.0 Å². The second-order valence-electron chi connectivity index (χ2n) is 10.6. The topological polar surface area (TPSA) is 88.8 Å². The molecule has 3 aromatic heterocycles. The predicted octanol–water partition coefficient (Wildman–Crippen LogP) is 4.34. The molecular formula is C29H27FN6O2. The first kappa shape index (κ1) is 22.9. The maximum atomic E-state index is 15.8. The number of H-pyrrole nitrogens is 1. The van der Waals surface area contributed by atoms with Gasteiger partial charge in [-0.05, 0) is 66.0 Å². The molecule has 0 bridgehead atoms. The summed E-state index contributed by atoms with van der Waals surface area (Å²) in [6.07, 6.45) is 6.17. The fraction of sp³-hybridized carbons (Fsp3) is 0.310. The Morgan fingerprint density at radius 3 is 2.74 bits per heavy atom. The fourth-order valence-electron chi connectivity index (χ4n) is 5.60. The number of carbonyl (C=O) groups is 1. The molecule has 4 heterocycles. The van der Waals surface area contributed by atoms with Crippen LogP contribution in [0.2, 0.25) is 0 Å². The van der Waals surface area contributed by atoms with E-state index in [0.717, 1.165) is 41.3 Å². The first-order valence-electron chi connectivity index (χ1n) is 13.0. The van der Waals surface area contributed by atoms with Crippen LogP contribution in [0.4, 0.5) is 4.39 Å². The Labute approximate surface area is 217 Å². The monoisotopic (exact) mass is 510 g/mol. The van der Waals surface area contributed by atoms with Crippen molar-refractivity contribution in [1.29, 1.82) is 0 Å². The van der Waals surface area contributed by atoms with Crippen molar-refractivity contribution >= 4 is 28.0 Å². The number of nitrogens with zero attached hydrogens (tertiary/aromatic N) is 5. The van der Waals surface area contributed by atoms with Crippen molar-refractivity contribution in [3.8, 4) is 22.5 Å². The maximum absolute atomic E-state index is 15.8. The Kier molecular flexibility index (Phi) is 5.21. The van der Waals surface area contributed by atoms with E-state index in [1.165, 1.54) is 6.07 Å². The highest BCUT2D eigenvalue weighted by molar-refractivity contribution is 5.85. The van der Waals surface area contributed by atoms with Crippen LogP contribution in [0.25, 0.3) is 44.6 Å². The lowest BCUT2D eigenvalue weighted by molar-refractivity contribution is -0.131. The van der Waals surface area contributed by atoms with Gasteiger partial charge in [-0.25, -0.2) is 14.4 Å². The maximum Gasteiger partial charge on any atom is 0.281 e. The third-order valence-corrected chi connectivity index (χ3v) is 7.88. The number of imidazole rings is 1. The number of rotatable bonds is 5. The fourth-order valence-corrected chi connectivity index (χ4v) is 5.60. The molecule has 9 heteroatoms. The minimum absolute atomic E-state index is 0.0898. The minimum Gasteiger partial charge on any atom is -0.361 e. The summed E-state index contributed by atoms with van der Waals surface area (Å²) < 4.78 is 19.0. The van der Waals surface area contributed by atoms with E-state index in [1.54, 1.807) is 28.6 Å². The number of aryl methyl sites for hydroxylation is 1. The number of halogens is 1. The molecule has 8 nitrogen and oxygen atoms in total. The highest BCUT2D eigenvalue weighted by Crippen LogP contribution is 2.34. The molecular weight excluding hydrogens is 483 g/mol. The average molecular weight is 511 g/mol. The van der Waals surface area contributed by atoms with Gasteiger partial charge in [-0.2, -0.15) is 0 Å². The number of aromatic nitrogens is 5. The van der Waals surface area contributed by atoms with Crippen molar-refractivity contribution in [2.45, 2.75) is 25.8 Å². The number of nitrogens with one attached hydrogen (secondary N) is 1. The van der Waals surface area contributed by atoms with Crippen LogP contribution < -0.4 is 5.56 Å². The van der Waals surface area contributed by atoms with Crippen LogP contribution >= 0.6 is 0 Å². The van der Waals surface area contributed by atoms with E-state index < -0.39 is 5.82 Å². The number of likely N-dealkylation sites (tertiary alicyclic amines) is 1. The van der Waals surface area contributed by atoms with E-state index in [0.29, 0.717) is 25.3 Å². The van der Waals surface area contributed by atoms with Gasteiger partial charge in [-0.1, -0.05) is 18.2 Å². The van der Waals surface area contributed by atoms with Crippen molar-refractivity contribution in [2.75, 3.05) is 13.1 Å². The summed E-state index contributed by atoms with van der Waals surface area (Å²) in [7, 11) is 1.77. The van der Waals surface area contributed by atoms with E-state index in [2.05, 4.69) is 9.97 Å². The van der Waals surface area contributed by atoms with Crippen molar-refractivity contribution < 1.29 is 9.18 Å². The summed E-state index contributed by atoms with van der Waals surface area (Å²) >= 11 is 0. The lowest BCUT2D eigenvalue weighted by atomic mass is 10.0. The van der Waals surface area contributed by atoms with E-state index in [4.69, 9.17) is 4.98 Å². The van der Waals surface area contributed by atoms with Gasteiger partial charge >= 0.3 is 0 Å².